The highest BCUT2D eigenvalue weighted by atomic mass is 16.4. The number of aromatic nitrogens is 2. The van der Waals surface area contributed by atoms with Crippen molar-refractivity contribution in [1.82, 2.24) is 25.5 Å². The third-order valence-corrected chi connectivity index (χ3v) is 5.29. The number of nitrogens with one attached hydrogen (secondary N) is 2. The summed E-state index contributed by atoms with van der Waals surface area (Å²) in [5, 5.41) is 31.7. The van der Waals surface area contributed by atoms with Gasteiger partial charge in [0.2, 0.25) is 0 Å². The second kappa shape index (κ2) is 15.0. The van der Waals surface area contributed by atoms with Crippen LogP contribution in [0.3, 0.4) is 0 Å². The number of carboxylic acid groups (broad SMARTS) is 3. The molecular weight excluding hydrogens is 470 g/mol. The Balaban J connectivity index is 1.87. The van der Waals surface area contributed by atoms with Crippen LogP contribution in [0.1, 0.15) is 43.5 Å². The van der Waals surface area contributed by atoms with Gasteiger partial charge < -0.3 is 26.0 Å². The van der Waals surface area contributed by atoms with Gasteiger partial charge in [0.05, 0.1) is 11.4 Å². The second-order valence-electron chi connectivity index (χ2n) is 8.18. The molecule has 2 aromatic rings. The average Bonchev–Trinajstić information content (AvgIpc) is 2.84. The van der Waals surface area contributed by atoms with Crippen LogP contribution in [-0.4, -0.2) is 72.8 Å². The van der Waals surface area contributed by atoms with Crippen molar-refractivity contribution in [2.45, 2.75) is 57.3 Å². The molecule has 0 aliphatic rings. The lowest BCUT2D eigenvalue weighted by atomic mass is 10.1. The molecule has 12 nitrogen and oxygen atoms in total. The Hall–Kier alpha value is -4.06. The van der Waals surface area contributed by atoms with Crippen molar-refractivity contribution >= 4 is 23.9 Å². The highest BCUT2D eigenvalue weighted by Crippen LogP contribution is 2.10. The summed E-state index contributed by atoms with van der Waals surface area (Å²) >= 11 is 0. The summed E-state index contributed by atoms with van der Waals surface area (Å²) in [6, 6.07) is 7.70. The van der Waals surface area contributed by atoms with Gasteiger partial charge in [-0.15, -0.1) is 0 Å². The van der Waals surface area contributed by atoms with E-state index in [4.69, 9.17) is 10.2 Å². The molecule has 0 radical (unpaired) electrons. The lowest BCUT2D eigenvalue weighted by Crippen LogP contribution is -2.51. The quantitative estimate of drug-likeness (QED) is 0.212. The molecule has 2 amide bonds. The molecule has 5 N–H and O–H groups in total. The van der Waals surface area contributed by atoms with Crippen molar-refractivity contribution in [2.75, 3.05) is 6.54 Å². The normalized spacial score (nSPS) is 12.5. The Bertz CT molecular complexity index is 949. The first-order valence-corrected chi connectivity index (χ1v) is 11.5. The summed E-state index contributed by atoms with van der Waals surface area (Å²) in [7, 11) is 0. The summed E-state index contributed by atoms with van der Waals surface area (Å²) < 4.78 is 0. The maximum atomic E-state index is 12.1. The molecule has 1 unspecified atom stereocenters. The van der Waals surface area contributed by atoms with E-state index in [1.807, 2.05) is 36.4 Å². The third kappa shape index (κ3) is 10.9. The van der Waals surface area contributed by atoms with Crippen LogP contribution in [0, 0.1) is 0 Å². The Kier molecular flexibility index (Phi) is 11.8. The molecule has 2 heterocycles. The van der Waals surface area contributed by atoms with E-state index in [9.17, 15) is 24.3 Å². The van der Waals surface area contributed by atoms with Gasteiger partial charge in [0.15, 0.2) is 0 Å². The highest BCUT2D eigenvalue weighted by Gasteiger charge is 2.24. The topological polar surface area (TPSA) is 182 Å². The minimum Gasteiger partial charge on any atom is -0.481 e. The summed E-state index contributed by atoms with van der Waals surface area (Å²) in [5.74, 6) is -3.85. The van der Waals surface area contributed by atoms with Crippen LogP contribution in [0.2, 0.25) is 0 Å². The molecule has 0 saturated heterocycles. The first kappa shape index (κ1) is 28.2. The number of hydrogen-bond donors (Lipinski definition) is 5. The average molecular weight is 502 g/mol. The molecule has 0 spiro atoms. The molecule has 2 aromatic heterocycles. The van der Waals surface area contributed by atoms with Crippen LogP contribution in [0.15, 0.2) is 48.8 Å². The highest BCUT2D eigenvalue weighted by molar-refractivity contribution is 5.86. The molecular formula is C24H31N5O7. The lowest BCUT2D eigenvalue weighted by Gasteiger charge is -2.22. The Labute approximate surface area is 208 Å². The van der Waals surface area contributed by atoms with Gasteiger partial charge in [-0.1, -0.05) is 12.1 Å². The maximum absolute atomic E-state index is 12.1. The third-order valence-electron chi connectivity index (χ3n) is 5.29. The number of carboxylic acids is 3. The van der Waals surface area contributed by atoms with E-state index >= 15 is 0 Å². The van der Waals surface area contributed by atoms with E-state index in [0.717, 1.165) is 11.4 Å². The van der Waals surface area contributed by atoms with Gasteiger partial charge in [0.1, 0.15) is 12.1 Å². The number of rotatable bonds is 16. The fourth-order valence-corrected chi connectivity index (χ4v) is 3.48. The molecule has 36 heavy (non-hydrogen) atoms. The number of amides is 2. The molecule has 194 valence electrons. The van der Waals surface area contributed by atoms with Crippen LogP contribution < -0.4 is 10.6 Å². The zero-order chi connectivity index (χ0) is 26.3. The van der Waals surface area contributed by atoms with Crippen molar-refractivity contribution in [1.29, 1.82) is 0 Å². The monoisotopic (exact) mass is 501 g/mol. The Morgan fingerprint density at radius 1 is 0.778 bits per heavy atom. The van der Waals surface area contributed by atoms with Gasteiger partial charge in [-0.25, -0.2) is 14.4 Å². The molecule has 0 saturated carbocycles. The number of urea groups is 1. The summed E-state index contributed by atoms with van der Waals surface area (Å²) in [4.78, 5) is 56.5. The van der Waals surface area contributed by atoms with E-state index < -0.39 is 42.4 Å². The molecule has 0 fully saturated rings. The smallest absolute Gasteiger partial charge is 0.326 e. The predicted octanol–water partition coefficient (Wildman–Crippen LogP) is 1.72. The van der Waals surface area contributed by atoms with Crippen molar-refractivity contribution in [3.8, 4) is 0 Å². The zero-order valence-electron chi connectivity index (χ0n) is 19.7. The summed E-state index contributed by atoms with van der Waals surface area (Å²) in [6.07, 6.45) is 3.93. The number of nitrogens with zero attached hydrogens (tertiary/aromatic N) is 3. The zero-order valence-corrected chi connectivity index (χ0v) is 19.7. The number of unbranched alkanes of at least 4 members (excludes halogenated alkanes) is 1. The van der Waals surface area contributed by atoms with Crippen LogP contribution in [0.4, 0.5) is 4.79 Å². The number of carbonyl (C=O) groups excluding carboxylic acids is 1. The number of pyridine rings is 2. The lowest BCUT2D eigenvalue weighted by molar-refractivity contribution is -0.140. The van der Waals surface area contributed by atoms with Gasteiger partial charge >= 0.3 is 23.9 Å². The van der Waals surface area contributed by atoms with E-state index in [0.29, 0.717) is 32.5 Å². The minimum atomic E-state index is -1.44. The second-order valence-corrected chi connectivity index (χ2v) is 8.18. The van der Waals surface area contributed by atoms with E-state index in [1.165, 1.54) is 0 Å². The van der Waals surface area contributed by atoms with E-state index in [-0.39, 0.29) is 12.8 Å². The largest absolute Gasteiger partial charge is 0.481 e. The summed E-state index contributed by atoms with van der Waals surface area (Å²) in [6.45, 7) is 1.82. The van der Waals surface area contributed by atoms with Crippen LogP contribution in [0.5, 0.6) is 0 Å². The molecule has 2 rings (SSSR count). The molecule has 0 aromatic carbocycles. The van der Waals surface area contributed by atoms with Crippen molar-refractivity contribution < 1.29 is 34.5 Å². The molecule has 0 aliphatic heterocycles. The first-order valence-electron chi connectivity index (χ1n) is 11.5. The van der Waals surface area contributed by atoms with Crippen LogP contribution in [-0.2, 0) is 27.5 Å². The summed E-state index contributed by atoms with van der Waals surface area (Å²) in [5.41, 5.74) is 1.79. The van der Waals surface area contributed by atoms with Gasteiger partial charge in [0, 0.05) is 31.9 Å². The SMILES string of the molecule is O=C(O)CC[C@H](NC(=O)NC(CCCCN(Cc1ccccn1)Cc1ccccn1)C(=O)O)C(=O)O. The van der Waals surface area contributed by atoms with E-state index in [1.54, 1.807) is 12.4 Å². The fraction of sp³-hybridized carbons (Fsp3) is 0.417. The Morgan fingerprint density at radius 3 is 1.75 bits per heavy atom. The van der Waals surface area contributed by atoms with Gasteiger partial charge in [-0.3, -0.25) is 19.7 Å². The van der Waals surface area contributed by atoms with Crippen molar-refractivity contribution in [2.24, 2.45) is 0 Å². The molecule has 0 aliphatic carbocycles. The molecule has 12 heteroatoms. The Morgan fingerprint density at radius 2 is 1.31 bits per heavy atom. The van der Waals surface area contributed by atoms with Gasteiger partial charge in [0.25, 0.3) is 0 Å². The minimum absolute atomic E-state index is 0.136. The van der Waals surface area contributed by atoms with Crippen molar-refractivity contribution in [3.05, 3.63) is 60.2 Å². The van der Waals surface area contributed by atoms with Gasteiger partial charge in [-0.2, -0.15) is 0 Å². The fourth-order valence-electron chi connectivity index (χ4n) is 3.48. The van der Waals surface area contributed by atoms with Gasteiger partial charge in [-0.05, 0) is 56.5 Å². The first-order chi connectivity index (χ1) is 17.2. The van der Waals surface area contributed by atoms with E-state index in [2.05, 4.69) is 25.5 Å². The molecule has 2 atom stereocenters. The predicted molar refractivity (Wildman–Crippen MR) is 128 cm³/mol. The molecule has 0 bridgehead atoms. The van der Waals surface area contributed by atoms with Crippen LogP contribution in [0.25, 0.3) is 0 Å². The number of hydrogen-bond acceptors (Lipinski definition) is 7. The van der Waals surface area contributed by atoms with Crippen LogP contribution >= 0.6 is 0 Å². The standard InChI is InChI=1S/C24H31N5O7/c30-21(31)11-10-20(23(34)35)28-24(36)27-19(22(32)33)9-3-6-14-29(15-17-7-1-4-12-25-17)16-18-8-2-5-13-26-18/h1-2,4-5,7-8,12-13,19-20H,3,6,9-11,14-16H2,(H,30,31)(H,32,33)(H,34,35)(H2,27,28,36)/t19?,20-/m0/s1. The number of aliphatic carboxylic acids is 3. The number of carbonyl (C=O) groups is 4. The van der Waals surface area contributed by atoms with Crippen molar-refractivity contribution in [3.63, 3.8) is 0 Å². The maximum Gasteiger partial charge on any atom is 0.326 e.